The molecule has 4 heteroatoms. The number of hydrogen-bond acceptors (Lipinski definition) is 4. The van der Waals surface area contributed by atoms with Gasteiger partial charge in [0.25, 0.3) is 0 Å². The molecule has 2 aromatic rings. The molecule has 0 aliphatic rings. The summed E-state index contributed by atoms with van der Waals surface area (Å²) in [7, 11) is 0. The topological polar surface area (TPSA) is 59.2 Å². The van der Waals surface area contributed by atoms with Crippen molar-refractivity contribution in [2.24, 2.45) is 0 Å². The second-order valence-electron chi connectivity index (χ2n) is 4.46. The molecule has 2 aromatic heterocycles. The minimum Gasteiger partial charge on any atom is -0.382 e. The van der Waals surface area contributed by atoms with Crippen LogP contribution in [0.15, 0.2) is 28.9 Å². The van der Waals surface area contributed by atoms with Crippen molar-refractivity contribution in [2.45, 2.75) is 32.8 Å². The van der Waals surface area contributed by atoms with Crippen molar-refractivity contribution >= 4 is 0 Å². The van der Waals surface area contributed by atoms with Gasteiger partial charge in [0.2, 0.25) is 0 Å². The van der Waals surface area contributed by atoms with Crippen LogP contribution in [-0.4, -0.2) is 15.2 Å². The zero-order valence-corrected chi connectivity index (χ0v) is 10.3. The zero-order chi connectivity index (χ0) is 12.5. The molecule has 0 bridgehead atoms. The highest BCUT2D eigenvalue weighted by Crippen LogP contribution is 2.33. The molecule has 90 valence electrons. The highest BCUT2D eigenvalue weighted by Gasteiger charge is 2.29. The quantitative estimate of drug-likeness (QED) is 0.883. The molecule has 0 aliphatic carbocycles. The van der Waals surface area contributed by atoms with Gasteiger partial charge >= 0.3 is 0 Å². The fraction of sp³-hybridized carbons (Fsp3) is 0.385. The summed E-state index contributed by atoms with van der Waals surface area (Å²) in [4.78, 5) is 4.29. The normalized spacial score (nSPS) is 11.8. The zero-order valence-electron chi connectivity index (χ0n) is 10.3. The van der Waals surface area contributed by atoms with Crippen molar-refractivity contribution in [3.05, 3.63) is 35.9 Å². The van der Waals surface area contributed by atoms with E-state index in [2.05, 4.69) is 10.1 Å². The largest absolute Gasteiger partial charge is 0.382 e. The molecule has 0 amide bonds. The van der Waals surface area contributed by atoms with Gasteiger partial charge < -0.3 is 9.63 Å². The molecule has 2 rings (SSSR count). The number of aryl methyl sites for hydroxylation is 1. The Balaban J connectivity index is 2.62. The highest BCUT2D eigenvalue weighted by molar-refractivity contribution is 5.65. The summed E-state index contributed by atoms with van der Waals surface area (Å²) in [5.74, 6) is 0.466. The van der Waals surface area contributed by atoms with Crippen LogP contribution in [0.5, 0.6) is 0 Å². The molecule has 0 atom stereocenters. The van der Waals surface area contributed by atoms with Crippen LogP contribution in [0.25, 0.3) is 11.3 Å². The van der Waals surface area contributed by atoms with E-state index in [0.717, 1.165) is 23.4 Å². The standard InChI is InChI=1S/C13H16N2O2/c1-4-9-11(10-7-5-6-8-14-10)12(17-15-9)13(2,3)16/h5-8,16H,4H2,1-3H3. The Morgan fingerprint density at radius 3 is 2.65 bits per heavy atom. The van der Waals surface area contributed by atoms with Crippen molar-refractivity contribution in [1.82, 2.24) is 10.1 Å². The lowest BCUT2D eigenvalue weighted by molar-refractivity contribution is 0.0481. The van der Waals surface area contributed by atoms with Crippen molar-refractivity contribution in [3.8, 4) is 11.3 Å². The number of nitrogens with zero attached hydrogens (tertiary/aromatic N) is 2. The maximum absolute atomic E-state index is 10.1. The second kappa shape index (κ2) is 4.30. The molecule has 0 unspecified atom stereocenters. The fourth-order valence-electron chi connectivity index (χ4n) is 1.76. The first kappa shape index (κ1) is 11.8. The smallest absolute Gasteiger partial charge is 0.177 e. The van der Waals surface area contributed by atoms with Gasteiger partial charge in [0, 0.05) is 6.20 Å². The lowest BCUT2D eigenvalue weighted by Crippen LogP contribution is -2.15. The maximum atomic E-state index is 10.1. The molecular formula is C13H16N2O2. The number of rotatable bonds is 3. The molecule has 4 nitrogen and oxygen atoms in total. The Kier molecular flexibility index (Phi) is 2.98. The summed E-state index contributed by atoms with van der Waals surface area (Å²) in [6.07, 6.45) is 2.46. The first-order chi connectivity index (χ1) is 8.04. The molecule has 0 aromatic carbocycles. The van der Waals surface area contributed by atoms with E-state index >= 15 is 0 Å². The Hall–Kier alpha value is -1.68. The van der Waals surface area contributed by atoms with Gasteiger partial charge in [-0.2, -0.15) is 0 Å². The average molecular weight is 232 g/mol. The summed E-state index contributed by atoms with van der Waals surface area (Å²) in [5.41, 5.74) is 1.34. The number of pyridine rings is 1. The van der Waals surface area contributed by atoms with E-state index in [1.165, 1.54) is 0 Å². The van der Waals surface area contributed by atoms with Crippen molar-refractivity contribution in [3.63, 3.8) is 0 Å². The predicted molar refractivity (Wildman–Crippen MR) is 64.4 cm³/mol. The summed E-state index contributed by atoms with van der Waals surface area (Å²) in [6, 6.07) is 5.65. The van der Waals surface area contributed by atoms with Crippen LogP contribution in [0.2, 0.25) is 0 Å². The molecular weight excluding hydrogens is 216 g/mol. The van der Waals surface area contributed by atoms with E-state index in [1.54, 1.807) is 20.0 Å². The summed E-state index contributed by atoms with van der Waals surface area (Å²) < 4.78 is 5.27. The predicted octanol–water partition coefficient (Wildman–Crippen LogP) is 2.53. The van der Waals surface area contributed by atoms with Crippen LogP contribution in [0.1, 0.15) is 32.2 Å². The second-order valence-corrected chi connectivity index (χ2v) is 4.46. The van der Waals surface area contributed by atoms with Gasteiger partial charge in [0.15, 0.2) is 5.76 Å². The molecule has 1 N–H and O–H groups in total. The highest BCUT2D eigenvalue weighted by atomic mass is 16.5. The van der Waals surface area contributed by atoms with Crippen molar-refractivity contribution in [2.75, 3.05) is 0 Å². The minimum atomic E-state index is -1.06. The average Bonchev–Trinajstić information content (AvgIpc) is 2.73. The van der Waals surface area contributed by atoms with Crippen LogP contribution in [0.4, 0.5) is 0 Å². The van der Waals surface area contributed by atoms with E-state index in [4.69, 9.17) is 4.52 Å². The van der Waals surface area contributed by atoms with Gasteiger partial charge in [-0.15, -0.1) is 0 Å². The monoisotopic (exact) mass is 232 g/mol. The van der Waals surface area contributed by atoms with Crippen LogP contribution in [0.3, 0.4) is 0 Å². The van der Waals surface area contributed by atoms with Gasteiger partial charge in [-0.1, -0.05) is 18.1 Å². The number of aromatic nitrogens is 2. The van der Waals surface area contributed by atoms with Crippen LogP contribution in [0, 0.1) is 0 Å². The number of aliphatic hydroxyl groups is 1. The van der Waals surface area contributed by atoms with Gasteiger partial charge in [0.1, 0.15) is 5.60 Å². The Labute approximate surface area is 100 Å². The third-order valence-electron chi connectivity index (χ3n) is 2.57. The van der Waals surface area contributed by atoms with E-state index in [1.807, 2.05) is 25.1 Å². The lowest BCUT2D eigenvalue weighted by Gasteiger charge is -2.14. The summed E-state index contributed by atoms with van der Waals surface area (Å²) >= 11 is 0. The molecule has 0 radical (unpaired) electrons. The Bertz CT molecular complexity index is 498. The molecule has 17 heavy (non-hydrogen) atoms. The maximum Gasteiger partial charge on any atom is 0.177 e. The third-order valence-corrected chi connectivity index (χ3v) is 2.57. The summed E-state index contributed by atoms with van der Waals surface area (Å²) in [6.45, 7) is 5.36. The molecule has 0 fully saturated rings. The molecule has 0 aliphatic heterocycles. The first-order valence-corrected chi connectivity index (χ1v) is 5.67. The SMILES string of the molecule is CCc1noc(C(C)(C)O)c1-c1ccccn1. The van der Waals surface area contributed by atoms with E-state index in [9.17, 15) is 5.11 Å². The molecule has 0 saturated carbocycles. The van der Waals surface area contributed by atoms with Gasteiger partial charge in [-0.05, 0) is 32.4 Å². The lowest BCUT2D eigenvalue weighted by atomic mass is 9.97. The Morgan fingerprint density at radius 2 is 2.12 bits per heavy atom. The van der Waals surface area contributed by atoms with Crippen LogP contribution < -0.4 is 0 Å². The van der Waals surface area contributed by atoms with E-state index in [-0.39, 0.29) is 0 Å². The van der Waals surface area contributed by atoms with Crippen LogP contribution in [-0.2, 0) is 12.0 Å². The van der Waals surface area contributed by atoms with Crippen molar-refractivity contribution < 1.29 is 9.63 Å². The Morgan fingerprint density at radius 1 is 1.35 bits per heavy atom. The van der Waals surface area contributed by atoms with E-state index < -0.39 is 5.60 Å². The minimum absolute atomic E-state index is 0.466. The van der Waals surface area contributed by atoms with Gasteiger partial charge in [-0.25, -0.2) is 0 Å². The third kappa shape index (κ3) is 2.22. The van der Waals surface area contributed by atoms with Crippen molar-refractivity contribution in [1.29, 1.82) is 0 Å². The molecule has 0 saturated heterocycles. The fourth-order valence-corrected chi connectivity index (χ4v) is 1.76. The molecule has 2 heterocycles. The number of hydrogen-bond donors (Lipinski definition) is 1. The summed E-state index contributed by atoms with van der Waals surface area (Å²) in [5, 5.41) is 14.1. The van der Waals surface area contributed by atoms with E-state index in [0.29, 0.717) is 5.76 Å². The molecule has 0 spiro atoms. The van der Waals surface area contributed by atoms with Gasteiger partial charge in [-0.3, -0.25) is 4.98 Å². The first-order valence-electron chi connectivity index (χ1n) is 5.67. The van der Waals surface area contributed by atoms with Gasteiger partial charge in [0.05, 0.1) is 17.0 Å². The van der Waals surface area contributed by atoms with Crippen LogP contribution >= 0.6 is 0 Å².